The topological polar surface area (TPSA) is 66.8 Å². The highest BCUT2D eigenvalue weighted by atomic mass is 32.1. The number of aliphatic carboxylic acids is 1. The number of carbonyl (C=O) groups is 2. The number of nitrogens with zero attached hydrogens (tertiary/aromatic N) is 1. The van der Waals surface area contributed by atoms with Gasteiger partial charge in [-0.1, -0.05) is 55.3 Å². The normalized spacial score (nSPS) is 22.5. The predicted molar refractivity (Wildman–Crippen MR) is 140 cm³/mol. The van der Waals surface area contributed by atoms with Gasteiger partial charge in [-0.15, -0.1) is 11.3 Å². The highest BCUT2D eigenvalue weighted by Gasteiger charge is 2.29. The first-order valence-corrected chi connectivity index (χ1v) is 12.8. The largest absolute Gasteiger partial charge is 0.493 e. The number of hydrogen-bond donors (Lipinski definition) is 1. The maximum atomic E-state index is 14.2. The summed E-state index contributed by atoms with van der Waals surface area (Å²) < 4.78 is 40.9. The van der Waals surface area contributed by atoms with Crippen molar-refractivity contribution in [2.45, 2.75) is 63.9 Å². The van der Waals surface area contributed by atoms with Crippen LogP contribution in [0, 0.1) is 0 Å². The molecule has 2 atom stereocenters. The molecule has 0 radical (unpaired) electrons. The van der Waals surface area contributed by atoms with Gasteiger partial charge in [-0.2, -0.15) is 0 Å². The van der Waals surface area contributed by atoms with Gasteiger partial charge in [0.1, 0.15) is 5.75 Å². The molecule has 1 N–H and O–H groups in total. The van der Waals surface area contributed by atoms with Crippen molar-refractivity contribution in [3.8, 4) is 16.2 Å². The highest BCUT2D eigenvalue weighted by molar-refractivity contribution is 7.13. The maximum absolute atomic E-state index is 14.2. The Bertz CT molecular complexity index is 1290. The molecule has 3 aromatic rings. The smallest absolute Gasteiger partial charge is 0.303 e. The van der Waals surface area contributed by atoms with Crippen molar-refractivity contribution in [3.63, 3.8) is 0 Å². The number of ether oxygens (including phenoxy) is 1. The standard InChI is InChI=1S/C29H33NO4S/c31-28(32)18-2-1-9-19-34-26-16-8-3-11-22(26)21-30(23-12-4-5-13-23)29(33)25-15-7-6-14-24(25)27-17-10-20-35-27/h3,6-8,10-11,14-17,20,23H,1-2,4-5,9,12-13,18-19,21H2,(H,31,32)/i4D,12D2,23D. The molecule has 2 aromatic carbocycles. The van der Waals surface area contributed by atoms with Gasteiger partial charge in [0, 0.05) is 44.7 Å². The number of unbranched alkanes of at least 4 members (excludes halogenated alkanes) is 2. The number of carboxylic acids is 1. The fourth-order valence-electron chi connectivity index (χ4n) is 4.12. The van der Waals surface area contributed by atoms with Gasteiger partial charge in [-0.3, -0.25) is 9.59 Å². The van der Waals surface area contributed by atoms with Crippen LogP contribution in [0.2, 0.25) is 0 Å². The Morgan fingerprint density at radius 3 is 2.69 bits per heavy atom. The van der Waals surface area contributed by atoms with Crippen LogP contribution < -0.4 is 4.74 Å². The van der Waals surface area contributed by atoms with Crippen molar-refractivity contribution in [3.05, 3.63) is 77.2 Å². The Hall–Kier alpha value is -3.12. The fraction of sp³-hybridized carbons (Fsp3) is 0.379. The molecule has 1 amide bonds. The van der Waals surface area contributed by atoms with Crippen LogP contribution in [0.4, 0.5) is 0 Å². The van der Waals surface area contributed by atoms with E-state index in [4.69, 9.17) is 14.0 Å². The highest BCUT2D eigenvalue weighted by Crippen LogP contribution is 2.33. The molecule has 1 aliphatic carbocycles. The summed E-state index contributed by atoms with van der Waals surface area (Å²) in [6.45, 7) is 0.315. The molecular formula is C29H33NO4S. The minimum Gasteiger partial charge on any atom is -0.493 e. The van der Waals surface area contributed by atoms with Crippen molar-refractivity contribution >= 4 is 23.2 Å². The summed E-state index contributed by atoms with van der Waals surface area (Å²) in [5, 5.41) is 10.7. The molecule has 4 rings (SSSR count). The molecular weight excluding hydrogens is 458 g/mol. The van der Waals surface area contributed by atoms with Crippen LogP contribution in [0.25, 0.3) is 10.4 Å². The van der Waals surface area contributed by atoms with Crippen molar-refractivity contribution < 1.29 is 24.9 Å². The van der Waals surface area contributed by atoms with Gasteiger partial charge in [0.05, 0.1) is 7.98 Å². The quantitative estimate of drug-likeness (QED) is 0.274. The first-order valence-electron chi connectivity index (χ1n) is 14.0. The molecule has 1 aromatic heterocycles. The van der Waals surface area contributed by atoms with E-state index < -0.39 is 30.7 Å². The molecule has 0 bridgehead atoms. The lowest BCUT2D eigenvalue weighted by atomic mass is 10.0. The zero-order valence-corrected chi connectivity index (χ0v) is 20.4. The molecule has 0 saturated heterocycles. The van der Waals surface area contributed by atoms with Crippen molar-refractivity contribution in [2.75, 3.05) is 6.61 Å². The number of carboxylic acid groups (broad SMARTS) is 1. The Morgan fingerprint density at radius 1 is 1.09 bits per heavy atom. The molecule has 2 unspecified atom stereocenters. The number of para-hydroxylation sites is 1. The minimum absolute atomic E-state index is 0.0493. The summed E-state index contributed by atoms with van der Waals surface area (Å²) in [5.74, 6) is -0.752. The van der Waals surface area contributed by atoms with Crippen LogP contribution in [-0.4, -0.2) is 34.5 Å². The number of carbonyl (C=O) groups excluding carboxylic acids is 1. The van der Waals surface area contributed by atoms with E-state index in [1.54, 1.807) is 24.3 Å². The summed E-state index contributed by atoms with van der Waals surface area (Å²) in [5.41, 5.74) is 1.74. The lowest BCUT2D eigenvalue weighted by Gasteiger charge is -2.30. The second-order valence-corrected chi connectivity index (χ2v) is 9.36. The zero-order valence-electron chi connectivity index (χ0n) is 23.6. The minimum atomic E-state index is -2.24. The number of thiophene rings is 1. The van der Waals surface area contributed by atoms with Crippen LogP contribution in [0.1, 0.15) is 72.7 Å². The Morgan fingerprint density at radius 2 is 1.91 bits per heavy atom. The second kappa shape index (κ2) is 12.5. The van der Waals surface area contributed by atoms with Gasteiger partial charge < -0.3 is 14.7 Å². The number of amides is 1. The summed E-state index contributed by atoms with van der Waals surface area (Å²) in [4.78, 5) is 27.2. The van der Waals surface area contributed by atoms with Gasteiger partial charge in [0.15, 0.2) is 0 Å². The summed E-state index contributed by atoms with van der Waals surface area (Å²) in [6.07, 6.45) is -1.06. The fourth-order valence-corrected chi connectivity index (χ4v) is 4.88. The molecule has 0 spiro atoms. The summed E-state index contributed by atoms with van der Waals surface area (Å²) >= 11 is 1.50. The molecule has 1 aliphatic rings. The molecule has 184 valence electrons. The van der Waals surface area contributed by atoms with E-state index >= 15 is 0 Å². The molecule has 0 aliphatic heterocycles. The maximum Gasteiger partial charge on any atom is 0.303 e. The van der Waals surface area contributed by atoms with Crippen LogP contribution >= 0.6 is 11.3 Å². The van der Waals surface area contributed by atoms with E-state index in [1.807, 2.05) is 41.8 Å². The van der Waals surface area contributed by atoms with Gasteiger partial charge in [-0.05, 0) is 55.6 Å². The zero-order chi connectivity index (χ0) is 28.0. The summed E-state index contributed by atoms with van der Waals surface area (Å²) in [6, 6.07) is 16.3. The van der Waals surface area contributed by atoms with E-state index in [1.165, 1.54) is 16.2 Å². The van der Waals surface area contributed by atoms with Crippen molar-refractivity contribution in [1.82, 2.24) is 4.90 Å². The average molecular weight is 496 g/mol. The molecule has 1 fully saturated rings. The number of rotatable bonds is 12. The third-order valence-corrected chi connectivity index (χ3v) is 6.81. The Balaban J connectivity index is 1.64. The molecule has 35 heavy (non-hydrogen) atoms. The lowest BCUT2D eigenvalue weighted by molar-refractivity contribution is -0.137. The Labute approximate surface area is 217 Å². The van der Waals surface area contributed by atoms with E-state index in [0.717, 1.165) is 10.4 Å². The van der Waals surface area contributed by atoms with Crippen molar-refractivity contribution in [2.24, 2.45) is 0 Å². The third kappa shape index (κ3) is 6.73. The molecule has 1 heterocycles. The average Bonchev–Trinajstić information content (AvgIpc) is 3.53. The Kier molecular flexibility index (Phi) is 7.21. The van der Waals surface area contributed by atoms with E-state index in [-0.39, 0.29) is 25.8 Å². The van der Waals surface area contributed by atoms with Crippen LogP contribution in [-0.2, 0) is 11.3 Å². The molecule has 1 saturated carbocycles. The van der Waals surface area contributed by atoms with E-state index in [2.05, 4.69) is 0 Å². The van der Waals surface area contributed by atoms with Gasteiger partial charge >= 0.3 is 5.97 Å². The predicted octanol–water partition coefficient (Wildman–Crippen LogP) is 7.02. The van der Waals surface area contributed by atoms with Crippen LogP contribution in [0.15, 0.2) is 66.0 Å². The molecule has 6 heteroatoms. The first kappa shape index (κ1) is 20.1. The van der Waals surface area contributed by atoms with Crippen LogP contribution in [0.5, 0.6) is 5.75 Å². The van der Waals surface area contributed by atoms with Crippen molar-refractivity contribution in [1.29, 1.82) is 0 Å². The van der Waals surface area contributed by atoms with E-state index in [9.17, 15) is 11.0 Å². The van der Waals surface area contributed by atoms with Crippen LogP contribution in [0.3, 0.4) is 0 Å². The van der Waals surface area contributed by atoms with Gasteiger partial charge in [-0.25, -0.2) is 0 Å². The number of benzene rings is 2. The first-order chi connectivity index (χ1) is 18.6. The monoisotopic (exact) mass is 495 g/mol. The lowest BCUT2D eigenvalue weighted by Crippen LogP contribution is -2.38. The van der Waals surface area contributed by atoms with Gasteiger partial charge in [0.2, 0.25) is 0 Å². The summed E-state index contributed by atoms with van der Waals surface area (Å²) in [7, 11) is 0. The molecule has 5 nitrogen and oxygen atoms in total. The third-order valence-electron chi connectivity index (χ3n) is 5.90. The van der Waals surface area contributed by atoms with Gasteiger partial charge in [0.25, 0.3) is 5.91 Å². The number of hydrogen-bond acceptors (Lipinski definition) is 4. The SMILES string of the molecule is [2H]C1CCC([2H])(N(Cc2ccccc2OCCCCCC(=O)O)C(=O)c2ccccc2-c2cccs2)C1([2H])[2H]. The second-order valence-electron chi connectivity index (χ2n) is 8.41. The van der Waals surface area contributed by atoms with E-state index in [0.29, 0.717) is 42.7 Å².